The number of nitrogens with zero attached hydrogens (tertiary/aromatic N) is 1. The number of phenols is 1. The van der Waals surface area contributed by atoms with Crippen molar-refractivity contribution in [3.8, 4) is 5.75 Å². The van der Waals surface area contributed by atoms with Gasteiger partial charge in [-0.3, -0.25) is 4.79 Å². The van der Waals surface area contributed by atoms with E-state index >= 15 is 0 Å². The number of aromatic hydroxyl groups is 1. The van der Waals surface area contributed by atoms with Crippen molar-refractivity contribution in [2.75, 3.05) is 0 Å². The third-order valence-electron chi connectivity index (χ3n) is 1.67. The standard InChI is InChI=1S/C9H10N2O2/c1-11-9(13)8(10)6-2-4-7(12)5-3-6/h2-5,8,12H,1,10H2. The molecule has 1 unspecified atom stereocenters. The van der Waals surface area contributed by atoms with Crippen LogP contribution in [0, 0.1) is 0 Å². The molecule has 0 saturated carbocycles. The lowest BCUT2D eigenvalue weighted by Gasteiger charge is -2.06. The van der Waals surface area contributed by atoms with Gasteiger partial charge < -0.3 is 10.8 Å². The van der Waals surface area contributed by atoms with E-state index in [0.717, 1.165) is 0 Å². The molecule has 0 aromatic heterocycles. The van der Waals surface area contributed by atoms with E-state index in [-0.39, 0.29) is 5.75 Å². The summed E-state index contributed by atoms with van der Waals surface area (Å²) in [5, 5.41) is 8.97. The molecule has 0 saturated heterocycles. The highest BCUT2D eigenvalue weighted by Gasteiger charge is 2.13. The van der Waals surface area contributed by atoms with Crippen LogP contribution in [0.25, 0.3) is 0 Å². The van der Waals surface area contributed by atoms with Crippen molar-refractivity contribution in [1.29, 1.82) is 0 Å². The molecule has 0 aliphatic heterocycles. The van der Waals surface area contributed by atoms with E-state index in [1.165, 1.54) is 12.1 Å². The first kappa shape index (κ1) is 9.41. The van der Waals surface area contributed by atoms with Gasteiger partial charge in [-0.2, -0.15) is 0 Å². The van der Waals surface area contributed by atoms with Crippen molar-refractivity contribution in [3.05, 3.63) is 29.8 Å². The smallest absolute Gasteiger partial charge is 0.266 e. The zero-order valence-corrected chi connectivity index (χ0v) is 6.97. The Bertz CT molecular complexity index is 319. The van der Waals surface area contributed by atoms with Gasteiger partial charge >= 0.3 is 0 Å². The van der Waals surface area contributed by atoms with E-state index in [9.17, 15) is 4.79 Å². The maximum Gasteiger partial charge on any atom is 0.266 e. The Morgan fingerprint density at radius 1 is 1.46 bits per heavy atom. The average molecular weight is 178 g/mol. The number of aliphatic imine (C=N–C) groups is 1. The van der Waals surface area contributed by atoms with Crippen LogP contribution in [0.1, 0.15) is 11.6 Å². The molecule has 1 amide bonds. The quantitative estimate of drug-likeness (QED) is 0.652. The number of hydrogen-bond acceptors (Lipinski definition) is 3. The van der Waals surface area contributed by atoms with Gasteiger partial charge in [0, 0.05) is 0 Å². The van der Waals surface area contributed by atoms with Crippen LogP contribution >= 0.6 is 0 Å². The summed E-state index contributed by atoms with van der Waals surface area (Å²) in [7, 11) is 0. The first-order valence-corrected chi connectivity index (χ1v) is 3.70. The normalized spacial score (nSPS) is 12.1. The predicted octanol–water partition coefficient (Wildman–Crippen LogP) is 0.619. The topological polar surface area (TPSA) is 75.7 Å². The fourth-order valence-corrected chi connectivity index (χ4v) is 0.923. The molecule has 0 spiro atoms. The second-order valence-corrected chi connectivity index (χ2v) is 2.57. The zero-order valence-electron chi connectivity index (χ0n) is 6.97. The van der Waals surface area contributed by atoms with Crippen LogP contribution in [0.5, 0.6) is 5.75 Å². The Morgan fingerprint density at radius 2 is 2.00 bits per heavy atom. The molecule has 0 bridgehead atoms. The van der Waals surface area contributed by atoms with Crippen LogP contribution < -0.4 is 5.73 Å². The van der Waals surface area contributed by atoms with E-state index in [1.807, 2.05) is 0 Å². The number of hydrogen-bond donors (Lipinski definition) is 2. The van der Waals surface area contributed by atoms with Gasteiger partial charge in [-0.25, -0.2) is 4.99 Å². The maximum atomic E-state index is 11.0. The minimum Gasteiger partial charge on any atom is -0.508 e. The van der Waals surface area contributed by atoms with Crippen LogP contribution in [0.3, 0.4) is 0 Å². The predicted molar refractivity (Wildman–Crippen MR) is 49.6 cm³/mol. The highest BCUT2D eigenvalue weighted by atomic mass is 16.3. The maximum absolute atomic E-state index is 11.0. The Balaban J connectivity index is 2.89. The third-order valence-corrected chi connectivity index (χ3v) is 1.67. The molecule has 1 aromatic rings. The van der Waals surface area contributed by atoms with Crippen molar-refractivity contribution >= 4 is 12.6 Å². The lowest BCUT2D eigenvalue weighted by atomic mass is 10.1. The molecule has 1 atom stereocenters. The highest BCUT2D eigenvalue weighted by molar-refractivity contribution is 5.86. The number of amides is 1. The molecule has 4 nitrogen and oxygen atoms in total. The minimum absolute atomic E-state index is 0.134. The molecule has 0 fully saturated rings. The lowest BCUT2D eigenvalue weighted by Crippen LogP contribution is -2.19. The van der Waals surface area contributed by atoms with Gasteiger partial charge in [0.05, 0.1) is 0 Å². The van der Waals surface area contributed by atoms with E-state index < -0.39 is 11.9 Å². The minimum atomic E-state index is -0.793. The van der Waals surface area contributed by atoms with Gasteiger partial charge in [0.15, 0.2) is 0 Å². The first-order valence-electron chi connectivity index (χ1n) is 3.70. The third kappa shape index (κ3) is 2.13. The Kier molecular flexibility index (Phi) is 2.76. The first-order chi connectivity index (χ1) is 6.15. The fraction of sp³-hybridized carbons (Fsp3) is 0.111. The number of nitrogens with two attached hydrogens (primary N) is 1. The molecular formula is C9H10N2O2. The molecule has 0 radical (unpaired) electrons. The molecule has 1 rings (SSSR count). The van der Waals surface area contributed by atoms with Crippen LogP contribution in [-0.2, 0) is 4.79 Å². The second kappa shape index (κ2) is 3.82. The largest absolute Gasteiger partial charge is 0.508 e. The summed E-state index contributed by atoms with van der Waals surface area (Å²) in [6, 6.07) is 5.28. The summed E-state index contributed by atoms with van der Waals surface area (Å²) in [4.78, 5) is 14.2. The fourth-order valence-electron chi connectivity index (χ4n) is 0.923. The SMILES string of the molecule is C=NC(=O)C(N)c1ccc(O)cc1. The van der Waals surface area contributed by atoms with Crippen molar-refractivity contribution < 1.29 is 9.90 Å². The molecule has 0 aliphatic carbocycles. The van der Waals surface area contributed by atoms with Gasteiger partial charge in [-0.1, -0.05) is 12.1 Å². The van der Waals surface area contributed by atoms with Crippen molar-refractivity contribution in [3.63, 3.8) is 0 Å². The monoisotopic (exact) mass is 178 g/mol. The van der Waals surface area contributed by atoms with E-state index in [2.05, 4.69) is 11.7 Å². The molecule has 3 N–H and O–H groups in total. The summed E-state index contributed by atoms with van der Waals surface area (Å²) in [5.41, 5.74) is 6.14. The lowest BCUT2D eigenvalue weighted by molar-refractivity contribution is -0.119. The van der Waals surface area contributed by atoms with Crippen molar-refractivity contribution in [2.45, 2.75) is 6.04 Å². The second-order valence-electron chi connectivity index (χ2n) is 2.57. The van der Waals surface area contributed by atoms with Gasteiger partial charge in [0.25, 0.3) is 5.91 Å². The molecule has 0 heterocycles. The number of benzene rings is 1. The van der Waals surface area contributed by atoms with E-state index in [4.69, 9.17) is 10.8 Å². The Morgan fingerprint density at radius 3 is 2.46 bits per heavy atom. The number of carbonyl (C=O) groups is 1. The molecular weight excluding hydrogens is 168 g/mol. The molecule has 0 aliphatic rings. The number of phenolic OH excluding ortho intramolecular Hbond substituents is 1. The van der Waals surface area contributed by atoms with Crippen LogP contribution in [0.2, 0.25) is 0 Å². The van der Waals surface area contributed by atoms with Crippen molar-refractivity contribution in [2.24, 2.45) is 10.7 Å². The Hall–Kier alpha value is -1.68. The summed E-state index contributed by atoms with van der Waals surface area (Å²) in [6.45, 7) is 3.10. The number of carbonyl (C=O) groups excluding carboxylic acids is 1. The zero-order chi connectivity index (χ0) is 9.84. The van der Waals surface area contributed by atoms with E-state index in [1.54, 1.807) is 12.1 Å². The molecule has 4 heteroatoms. The van der Waals surface area contributed by atoms with E-state index in [0.29, 0.717) is 5.56 Å². The number of rotatable bonds is 2. The summed E-state index contributed by atoms with van der Waals surface area (Å²) < 4.78 is 0. The van der Waals surface area contributed by atoms with Gasteiger partial charge in [-0.15, -0.1) is 0 Å². The summed E-state index contributed by atoms with van der Waals surface area (Å²) >= 11 is 0. The van der Waals surface area contributed by atoms with Crippen LogP contribution in [0.15, 0.2) is 29.3 Å². The molecule has 13 heavy (non-hydrogen) atoms. The van der Waals surface area contributed by atoms with Gasteiger partial charge in [0.1, 0.15) is 11.8 Å². The van der Waals surface area contributed by atoms with Crippen molar-refractivity contribution in [1.82, 2.24) is 0 Å². The summed E-state index contributed by atoms with van der Waals surface area (Å²) in [6.07, 6.45) is 0. The Labute approximate surface area is 75.7 Å². The summed E-state index contributed by atoms with van der Waals surface area (Å²) in [5.74, 6) is -0.347. The highest BCUT2D eigenvalue weighted by Crippen LogP contribution is 2.15. The van der Waals surface area contributed by atoms with Crippen LogP contribution in [-0.4, -0.2) is 17.7 Å². The average Bonchev–Trinajstić information content (AvgIpc) is 2.17. The van der Waals surface area contributed by atoms with Crippen LogP contribution in [0.4, 0.5) is 0 Å². The van der Waals surface area contributed by atoms with Gasteiger partial charge in [-0.05, 0) is 24.4 Å². The molecule has 1 aromatic carbocycles. The molecule has 68 valence electrons. The van der Waals surface area contributed by atoms with Gasteiger partial charge in [0.2, 0.25) is 0 Å².